The summed E-state index contributed by atoms with van der Waals surface area (Å²) in [4.78, 5) is 32.0. The van der Waals surface area contributed by atoms with Gasteiger partial charge in [-0.3, -0.25) is 5.32 Å². The summed E-state index contributed by atoms with van der Waals surface area (Å²) in [5, 5.41) is 2.25. The maximum absolute atomic E-state index is 12.6. The molecule has 0 bridgehead atoms. The van der Waals surface area contributed by atoms with Crippen molar-refractivity contribution in [2.75, 3.05) is 32.4 Å². The number of aryl methyl sites for hydroxylation is 2. The summed E-state index contributed by atoms with van der Waals surface area (Å²) < 4.78 is 41.8. The highest BCUT2D eigenvalue weighted by Gasteiger charge is 2.25. The monoisotopic (exact) mass is 438 g/mol. The summed E-state index contributed by atoms with van der Waals surface area (Å²) in [6, 6.07) is 5.92. The molecule has 1 aromatic carbocycles. The molecule has 0 radical (unpaired) electrons. The van der Waals surface area contributed by atoms with Crippen molar-refractivity contribution in [1.29, 1.82) is 0 Å². The second kappa shape index (κ2) is 10.6. The third kappa shape index (κ3) is 6.76. The van der Waals surface area contributed by atoms with Gasteiger partial charge < -0.3 is 14.2 Å². The fraction of sp³-hybridized carbons (Fsp3) is 0.333. The van der Waals surface area contributed by atoms with Gasteiger partial charge in [-0.2, -0.15) is 0 Å². The zero-order valence-electron chi connectivity index (χ0n) is 16.7. The number of urea groups is 1. The summed E-state index contributed by atoms with van der Waals surface area (Å²) in [7, 11) is -2.90. The first-order chi connectivity index (χ1) is 14.2. The number of methoxy groups -OCH3 is 1. The van der Waals surface area contributed by atoms with E-state index >= 15 is 0 Å². The molecule has 2 N–H and O–H groups in total. The molecule has 12 heteroatoms. The Morgan fingerprint density at radius 1 is 1.07 bits per heavy atom. The van der Waals surface area contributed by atoms with Crippen LogP contribution in [-0.4, -0.2) is 57.5 Å². The molecule has 2 amide bonds. The smallest absolute Gasteiger partial charge is 0.341 e. The van der Waals surface area contributed by atoms with Crippen LogP contribution in [0.25, 0.3) is 0 Å². The van der Waals surface area contributed by atoms with Crippen LogP contribution in [0.3, 0.4) is 0 Å². The van der Waals surface area contributed by atoms with Gasteiger partial charge in [0, 0.05) is 18.5 Å². The van der Waals surface area contributed by atoms with E-state index in [1.807, 2.05) is 4.72 Å². The zero-order chi connectivity index (χ0) is 22.1. The van der Waals surface area contributed by atoms with Crippen molar-refractivity contribution < 1.29 is 32.2 Å². The normalized spacial score (nSPS) is 11.0. The Morgan fingerprint density at radius 2 is 1.73 bits per heavy atom. The van der Waals surface area contributed by atoms with Crippen molar-refractivity contribution in [2.24, 2.45) is 0 Å². The average Bonchev–Trinajstić information content (AvgIpc) is 2.66. The van der Waals surface area contributed by atoms with Gasteiger partial charge in [0.1, 0.15) is 4.90 Å². The van der Waals surface area contributed by atoms with Gasteiger partial charge in [0.05, 0.1) is 18.8 Å². The molecule has 0 aliphatic carbocycles. The van der Waals surface area contributed by atoms with Crippen LogP contribution in [-0.2, 0) is 24.2 Å². The van der Waals surface area contributed by atoms with Crippen LogP contribution in [0.1, 0.15) is 21.7 Å². The number of carbonyl (C=O) groups is 2. The zero-order valence-corrected chi connectivity index (χ0v) is 17.5. The number of carbonyl (C=O) groups excluding carboxylic acids is 2. The van der Waals surface area contributed by atoms with Crippen LogP contribution in [0.5, 0.6) is 0 Å². The summed E-state index contributed by atoms with van der Waals surface area (Å²) in [5.74, 6) is -0.979. The Labute approximate surface area is 173 Å². The maximum atomic E-state index is 12.6. The lowest BCUT2D eigenvalue weighted by atomic mass is 10.2. The van der Waals surface area contributed by atoms with Gasteiger partial charge in [0.2, 0.25) is 5.95 Å². The Morgan fingerprint density at radius 3 is 2.40 bits per heavy atom. The highest BCUT2D eigenvalue weighted by molar-refractivity contribution is 7.90. The second-order valence-corrected chi connectivity index (χ2v) is 7.63. The Balaban J connectivity index is 2.10. The molecule has 162 valence electrons. The van der Waals surface area contributed by atoms with E-state index in [-0.39, 0.29) is 24.9 Å². The second-order valence-electron chi connectivity index (χ2n) is 5.98. The van der Waals surface area contributed by atoms with Crippen molar-refractivity contribution in [3.05, 3.63) is 47.3 Å². The summed E-state index contributed by atoms with van der Waals surface area (Å²) in [6.07, 6.45) is 0. The fourth-order valence-corrected chi connectivity index (χ4v) is 3.43. The van der Waals surface area contributed by atoms with E-state index < -0.39 is 26.9 Å². The largest absolute Gasteiger partial charge is 0.435 e. The lowest BCUT2D eigenvalue weighted by molar-refractivity contribution is -0.0438. The van der Waals surface area contributed by atoms with Crippen LogP contribution in [0.2, 0.25) is 0 Å². The number of hydrogen-bond acceptors (Lipinski definition) is 9. The van der Waals surface area contributed by atoms with E-state index in [1.165, 1.54) is 31.4 Å². The van der Waals surface area contributed by atoms with E-state index in [2.05, 4.69) is 15.3 Å². The number of nitrogens with zero attached hydrogens (tertiary/aromatic N) is 2. The van der Waals surface area contributed by atoms with Crippen LogP contribution in [0, 0.1) is 13.8 Å². The lowest BCUT2D eigenvalue weighted by Crippen LogP contribution is -2.35. The van der Waals surface area contributed by atoms with Crippen LogP contribution in [0.15, 0.2) is 35.2 Å². The van der Waals surface area contributed by atoms with Gasteiger partial charge >= 0.3 is 12.0 Å². The first-order valence-corrected chi connectivity index (χ1v) is 10.2. The number of nitrogens with one attached hydrogen (secondary N) is 2. The third-order valence-electron chi connectivity index (χ3n) is 3.54. The molecule has 0 saturated heterocycles. The quantitative estimate of drug-likeness (QED) is 0.337. The van der Waals surface area contributed by atoms with Gasteiger partial charge in [-0.05, 0) is 32.0 Å². The number of hydrogen-bond donors (Lipinski definition) is 2. The SMILES string of the molecule is COCCOCOC(=O)c1ccccc1S(=O)(=O)NC(=O)Nc1nc(C)cc(C)n1. The van der Waals surface area contributed by atoms with Crippen molar-refractivity contribution in [3.8, 4) is 0 Å². The topological polar surface area (TPSA) is 146 Å². The molecular formula is C18H22N4O7S. The first kappa shape index (κ1) is 23.2. The molecular weight excluding hydrogens is 416 g/mol. The van der Waals surface area contributed by atoms with Crippen molar-refractivity contribution in [3.63, 3.8) is 0 Å². The molecule has 2 rings (SSSR count). The van der Waals surface area contributed by atoms with Gasteiger partial charge in [-0.25, -0.2) is 32.7 Å². The van der Waals surface area contributed by atoms with Crippen LogP contribution < -0.4 is 10.0 Å². The molecule has 0 atom stereocenters. The van der Waals surface area contributed by atoms with Gasteiger partial charge in [0.15, 0.2) is 6.79 Å². The molecule has 11 nitrogen and oxygen atoms in total. The number of anilines is 1. The number of aromatic nitrogens is 2. The number of ether oxygens (including phenoxy) is 3. The predicted octanol–water partition coefficient (Wildman–Crippen LogP) is 1.38. The maximum Gasteiger partial charge on any atom is 0.341 e. The lowest BCUT2D eigenvalue weighted by Gasteiger charge is -2.12. The summed E-state index contributed by atoms with van der Waals surface area (Å²) in [6.45, 7) is 3.54. The average molecular weight is 438 g/mol. The Hall–Kier alpha value is -3.09. The highest BCUT2D eigenvalue weighted by atomic mass is 32.2. The van der Waals surface area contributed by atoms with Crippen LogP contribution >= 0.6 is 0 Å². The summed E-state index contributed by atoms with van der Waals surface area (Å²) >= 11 is 0. The van der Waals surface area contributed by atoms with Crippen molar-refractivity contribution in [1.82, 2.24) is 14.7 Å². The fourth-order valence-electron chi connectivity index (χ4n) is 2.33. The number of sulfonamides is 1. The number of benzene rings is 1. The van der Waals surface area contributed by atoms with E-state index in [9.17, 15) is 18.0 Å². The van der Waals surface area contributed by atoms with E-state index in [1.54, 1.807) is 19.9 Å². The minimum atomic E-state index is -4.39. The van der Waals surface area contributed by atoms with Crippen LogP contribution in [0.4, 0.5) is 10.7 Å². The Kier molecular flexibility index (Phi) is 8.21. The molecule has 0 aliphatic rings. The van der Waals surface area contributed by atoms with E-state index in [4.69, 9.17) is 14.2 Å². The first-order valence-electron chi connectivity index (χ1n) is 8.72. The molecule has 0 aliphatic heterocycles. The summed E-state index contributed by atoms with van der Waals surface area (Å²) in [5.41, 5.74) is 0.943. The minimum Gasteiger partial charge on any atom is -0.435 e. The molecule has 0 fully saturated rings. The molecule has 0 unspecified atom stereocenters. The molecule has 0 spiro atoms. The molecule has 1 aromatic heterocycles. The van der Waals surface area contributed by atoms with Crippen molar-refractivity contribution in [2.45, 2.75) is 18.7 Å². The number of amides is 2. The van der Waals surface area contributed by atoms with Crippen molar-refractivity contribution >= 4 is 28.0 Å². The number of esters is 1. The predicted molar refractivity (Wildman–Crippen MR) is 105 cm³/mol. The standard InChI is InChI=1S/C18H22N4O7S/c1-12-10-13(2)20-17(19-12)21-18(24)22-30(25,26)15-7-5-4-6-14(15)16(23)29-11-28-9-8-27-3/h4-7,10H,8-9,11H2,1-3H3,(H2,19,20,21,22,24). The van der Waals surface area contributed by atoms with Gasteiger partial charge in [-0.15, -0.1) is 0 Å². The Bertz CT molecular complexity index is 991. The molecule has 30 heavy (non-hydrogen) atoms. The number of rotatable bonds is 9. The minimum absolute atomic E-state index is 0.0545. The van der Waals surface area contributed by atoms with E-state index in [0.29, 0.717) is 18.0 Å². The highest BCUT2D eigenvalue weighted by Crippen LogP contribution is 2.17. The van der Waals surface area contributed by atoms with E-state index in [0.717, 1.165) is 0 Å². The molecule has 0 saturated carbocycles. The van der Waals surface area contributed by atoms with Gasteiger partial charge in [0.25, 0.3) is 10.0 Å². The molecule has 2 aromatic rings. The third-order valence-corrected chi connectivity index (χ3v) is 4.93. The van der Waals surface area contributed by atoms with Gasteiger partial charge in [-0.1, -0.05) is 12.1 Å². The molecule has 1 heterocycles.